The molecule has 0 aliphatic heterocycles. The summed E-state index contributed by atoms with van der Waals surface area (Å²) in [7, 11) is 0. The molecule has 0 radical (unpaired) electrons. The van der Waals surface area contributed by atoms with E-state index in [0.29, 0.717) is 0 Å². The molecule has 0 unspecified atom stereocenters. The van der Waals surface area contributed by atoms with Crippen LogP contribution in [0, 0.1) is 0 Å². The largest absolute Gasteiger partial charge is 0.454 e. The molecule has 2 nitrogen and oxygen atoms in total. The van der Waals surface area contributed by atoms with Crippen LogP contribution in [-0.2, 0) is 5.41 Å². The molecule has 2 heterocycles. The third kappa shape index (κ3) is 4.11. The molecule has 0 bridgehead atoms. The van der Waals surface area contributed by atoms with Crippen LogP contribution in [-0.4, -0.2) is 0 Å². The molecule has 0 saturated carbocycles. The lowest BCUT2D eigenvalue weighted by Crippen LogP contribution is -2.28. The van der Waals surface area contributed by atoms with E-state index < -0.39 is 5.41 Å². The second kappa shape index (κ2) is 11.3. The maximum absolute atomic E-state index is 6.71. The van der Waals surface area contributed by atoms with Crippen molar-refractivity contribution in [2.24, 2.45) is 0 Å². The van der Waals surface area contributed by atoms with Crippen LogP contribution < -0.4 is 4.90 Å². The molecule has 52 heavy (non-hydrogen) atoms. The first-order valence-corrected chi connectivity index (χ1v) is 18.6. The minimum atomic E-state index is -0.453. The first-order valence-electron chi connectivity index (χ1n) is 17.8. The van der Waals surface area contributed by atoms with Gasteiger partial charge in [-0.3, -0.25) is 0 Å². The molecule has 3 heteroatoms. The van der Waals surface area contributed by atoms with Crippen LogP contribution in [0.15, 0.2) is 192 Å². The Labute approximate surface area is 305 Å². The van der Waals surface area contributed by atoms with Crippen molar-refractivity contribution in [2.75, 3.05) is 4.90 Å². The zero-order valence-electron chi connectivity index (χ0n) is 28.2. The van der Waals surface area contributed by atoms with E-state index in [0.717, 1.165) is 39.0 Å². The monoisotopic (exact) mass is 681 g/mol. The molecule has 244 valence electrons. The fourth-order valence-electron chi connectivity index (χ4n) is 8.76. The minimum absolute atomic E-state index is 0.453. The lowest BCUT2D eigenvalue weighted by Gasteiger charge is -2.34. The van der Waals surface area contributed by atoms with E-state index >= 15 is 0 Å². The number of nitrogens with zero attached hydrogens (tertiary/aromatic N) is 1. The normalized spacial score (nSPS) is 13.2. The van der Waals surface area contributed by atoms with Crippen molar-refractivity contribution in [1.29, 1.82) is 0 Å². The van der Waals surface area contributed by atoms with Crippen LogP contribution in [0.4, 0.5) is 17.1 Å². The Kier molecular flexibility index (Phi) is 6.37. The second-order valence-electron chi connectivity index (χ2n) is 13.6. The number of hydrogen-bond acceptors (Lipinski definition) is 3. The molecule has 2 aromatic heterocycles. The highest BCUT2D eigenvalue weighted by atomic mass is 32.1. The van der Waals surface area contributed by atoms with Gasteiger partial charge < -0.3 is 9.32 Å². The molecule has 1 aliphatic rings. The van der Waals surface area contributed by atoms with E-state index in [2.05, 4.69) is 187 Å². The summed E-state index contributed by atoms with van der Waals surface area (Å²) in [5.74, 6) is 0. The number of fused-ring (bicyclic) bond motifs is 9. The SMILES string of the molecule is c1ccc(C2(c3ccccc3)c3ccccc3-c3cc(N(c4ccc5sc6ccccc6c5c4)c4cccc5c4oc4ccccc45)ccc32)cc1. The summed E-state index contributed by atoms with van der Waals surface area (Å²) in [5.41, 5.74) is 12.1. The molecule has 10 aromatic rings. The summed E-state index contributed by atoms with van der Waals surface area (Å²) in [6, 6.07) is 68.5. The van der Waals surface area contributed by atoms with Crippen molar-refractivity contribution in [2.45, 2.75) is 5.41 Å². The Morgan fingerprint density at radius 1 is 0.423 bits per heavy atom. The standard InChI is InChI=1S/C49H31NOS/c1-3-14-32(15-4-1)49(33-16-5-2-6-17-33)42-22-10-7-18-36(42)40-30-34(26-28-43(40)49)50(35-27-29-47-41(31-35)38-20-9-12-25-46(38)52-47)44-23-13-21-39-37-19-8-11-24-45(37)51-48(39)44/h1-31H. The van der Waals surface area contributed by atoms with Crippen LogP contribution >= 0.6 is 11.3 Å². The van der Waals surface area contributed by atoms with Crippen molar-refractivity contribution in [3.05, 3.63) is 210 Å². The molecule has 0 N–H and O–H groups in total. The van der Waals surface area contributed by atoms with Gasteiger partial charge in [-0.05, 0) is 81.9 Å². The van der Waals surface area contributed by atoms with E-state index in [1.165, 1.54) is 53.6 Å². The van der Waals surface area contributed by atoms with Crippen LogP contribution in [0.2, 0.25) is 0 Å². The van der Waals surface area contributed by atoms with Gasteiger partial charge in [0.2, 0.25) is 0 Å². The third-order valence-corrected chi connectivity index (χ3v) is 12.1. The maximum atomic E-state index is 6.71. The number of para-hydroxylation sites is 2. The highest BCUT2D eigenvalue weighted by Crippen LogP contribution is 2.57. The molecule has 0 fully saturated rings. The highest BCUT2D eigenvalue weighted by Gasteiger charge is 2.46. The summed E-state index contributed by atoms with van der Waals surface area (Å²) < 4.78 is 9.29. The third-order valence-electron chi connectivity index (χ3n) is 10.9. The van der Waals surface area contributed by atoms with Crippen molar-refractivity contribution in [3.63, 3.8) is 0 Å². The van der Waals surface area contributed by atoms with E-state index in [1.807, 2.05) is 17.4 Å². The van der Waals surface area contributed by atoms with Gasteiger partial charge in [-0.15, -0.1) is 11.3 Å². The maximum Gasteiger partial charge on any atom is 0.159 e. The zero-order chi connectivity index (χ0) is 34.2. The Bertz CT molecular complexity index is 2930. The molecular weight excluding hydrogens is 651 g/mol. The Balaban J connectivity index is 1.20. The molecular formula is C49H31NOS. The van der Waals surface area contributed by atoms with Crippen molar-refractivity contribution in [3.8, 4) is 11.1 Å². The van der Waals surface area contributed by atoms with E-state index in [-0.39, 0.29) is 0 Å². The van der Waals surface area contributed by atoms with Crippen LogP contribution in [0.5, 0.6) is 0 Å². The average molecular weight is 682 g/mol. The summed E-state index contributed by atoms with van der Waals surface area (Å²) in [5, 5.41) is 4.78. The summed E-state index contributed by atoms with van der Waals surface area (Å²) in [6.07, 6.45) is 0. The number of thiophene rings is 1. The predicted molar refractivity (Wildman–Crippen MR) is 219 cm³/mol. The molecule has 11 rings (SSSR count). The number of rotatable bonds is 5. The molecule has 0 spiro atoms. The second-order valence-corrected chi connectivity index (χ2v) is 14.7. The predicted octanol–water partition coefficient (Wildman–Crippen LogP) is 13.8. The van der Waals surface area contributed by atoms with E-state index in [9.17, 15) is 0 Å². The van der Waals surface area contributed by atoms with Crippen molar-refractivity contribution in [1.82, 2.24) is 0 Å². The molecule has 0 atom stereocenters. The quantitative estimate of drug-likeness (QED) is 0.180. The Hall–Kier alpha value is -6.42. The van der Waals surface area contributed by atoms with Gasteiger partial charge in [0.15, 0.2) is 5.58 Å². The van der Waals surface area contributed by atoms with E-state index in [1.54, 1.807) is 0 Å². The average Bonchev–Trinajstić information content (AvgIpc) is 3.87. The highest BCUT2D eigenvalue weighted by molar-refractivity contribution is 7.25. The Morgan fingerprint density at radius 2 is 1.04 bits per heavy atom. The Morgan fingerprint density at radius 3 is 1.87 bits per heavy atom. The molecule has 1 aliphatic carbocycles. The van der Waals surface area contributed by atoms with Gasteiger partial charge >= 0.3 is 0 Å². The summed E-state index contributed by atoms with van der Waals surface area (Å²) in [4.78, 5) is 2.39. The summed E-state index contributed by atoms with van der Waals surface area (Å²) >= 11 is 1.85. The van der Waals surface area contributed by atoms with Crippen molar-refractivity contribution >= 4 is 70.5 Å². The van der Waals surface area contributed by atoms with Gasteiger partial charge in [-0.25, -0.2) is 0 Å². The van der Waals surface area contributed by atoms with Gasteiger partial charge in [0, 0.05) is 42.3 Å². The van der Waals surface area contributed by atoms with Gasteiger partial charge in [0.05, 0.1) is 11.1 Å². The zero-order valence-corrected chi connectivity index (χ0v) is 29.0. The molecule has 8 aromatic carbocycles. The van der Waals surface area contributed by atoms with Gasteiger partial charge in [-0.2, -0.15) is 0 Å². The lowest BCUT2D eigenvalue weighted by atomic mass is 9.68. The first kappa shape index (κ1) is 29.3. The van der Waals surface area contributed by atoms with Gasteiger partial charge in [0.1, 0.15) is 5.58 Å². The van der Waals surface area contributed by atoms with Crippen LogP contribution in [0.25, 0.3) is 53.2 Å². The van der Waals surface area contributed by atoms with Crippen LogP contribution in [0.3, 0.4) is 0 Å². The van der Waals surface area contributed by atoms with Crippen molar-refractivity contribution < 1.29 is 4.42 Å². The van der Waals surface area contributed by atoms with Gasteiger partial charge in [0.25, 0.3) is 0 Å². The number of furan rings is 1. The minimum Gasteiger partial charge on any atom is -0.454 e. The summed E-state index contributed by atoms with van der Waals surface area (Å²) in [6.45, 7) is 0. The number of anilines is 3. The molecule has 0 amide bonds. The lowest BCUT2D eigenvalue weighted by molar-refractivity contribution is 0.669. The molecule has 0 saturated heterocycles. The first-order chi connectivity index (χ1) is 25.8. The smallest absolute Gasteiger partial charge is 0.159 e. The van der Waals surface area contributed by atoms with Gasteiger partial charge in [-0.1, -0.05) is 140 Å². The van der Waals surface area contributed by atoms with Crippen LogP contribution in [0.1, 0.15) is 22.3 Å². The topological polar surface area (TPSA) is 16.4 Å². The fourth-order valence-corrected chi connectivity index (χ4v) is 9.85. The number of hydrogen-bond donors (Lipinski definition) is 0. The fraction of sp³-hybridized carbons (Fsp3) is 0.0204. The number of benzene rings is 8. The van der Waals surface area contributed by atoms with E-state index in [4.69, 9.17) is 4.42 Å².